The third-order valence-electron chi connectivity index (χ3n) is 2.24. The second-order valence-corrected chi connectivity index (χ2v) is 4.15. The van der Waals surface area contributed by atoms with Crippen LogP contribution in [0.15, 0.2) is 36.7 Å². The number of nitrogens with zero attached hydrogens (tertiary/aromatic N) is 1. The molecule has 0 spiro atoms. The van der Waals surface area contributed by atoms with Crippen molar-refractivity contribution in [2.24, 2.45) is 0 Å². The fraction of sp³-hybridized carbons (Fsp3) is 0.154. The molecule has 0 aliphatic heterocycles. The second kappa shape index (κ2) is 4.54. The van der Waals surface area contributed by atoms with Crippen LogP contribution in [0.4, 0.5) is 0 Å². The summed E-state index contributed by atoms with van der Waals surface area (Å²) in [6.07, 6.45) is 3.22. The monoisotopic (exact) mass is 233 g/mol. The van der Waals surface area contributed by atoms with Gasteiger partial charge in [0.15, 0.2) is 0 Å². The standard InChI is InChI=1S/C13H12ClNO/c1-9-3-4-13(10(2)5-9)16-12-6-11(14)7-15-8-12/h3-8H,1-2H3. The van der Waals surface area contributed by atoms with Gasteiger partial charge < -0.3 is 4.74 Å². The molecular weight excluding hydrogens is 222 g/mol. The number of aromatic nitrogens is 1. The molecule has 0 bridgehead atoms. The number of hydrogen-bond donors (Lipinski definition) is 0. The minimum Gasteiger partial charge on any atom is -0.455 e. The average molecular weight is 234 g/mol. The Balaban J connectivity index is 2.27. The highest BCUT2D eigenvalue weighted by Gasteiger charge is 2.02. The van der Waals surface area contributed by atoms with Gasteiger partial charge in [-0.05, 0) is 25.5 Å². The molecule has 2 rings (SSSR count). The van der Waals surface area contributed by atoms with E-state index in [0.29, 0.717) is 10.8 Å². The Hall–Kier alpha value is -1.54. The first-order valence-electron chi connectivity index (χ1n) is 5.01. The second-order valence-electron chi connectivity index (χ2n) is 3.71. The van der Waals surface area contributed by atoms with Gasteiger partial charge in [-0.2, -0.15) is 0 Å². The van der Waals surface area contributed by atoms with Crippen LogP contribution in [0.5, 0.6) is 11.5 Å². The first kappa shape index (κ1) is 11.0. The summed E-state index contributed by atoms with van der Waals surface area (Å²) in [6, 6.07) is 7.78. The van der Waals surface area contributed by atoms with Crippen LogP contribution in [0.1, 0.15) is 11.1 Å². The van der Waals surface area contributed by atoms with Crippen molar-refractivity contribution >= 4 is 11.6 Å². The molecule has 3 heteroatoms. The van der Waals surface area contributed by atoms with Gasteiger partial charge in [-0.1, -0.05) is 29.3 Å². The first-order valence-corrected chi connectivity index (χ1v) is 5.38. The smallest absolute Gasteiger partial charge is 0.147 e. The number of hydrogen-bond acceptors (Lipinski definition) is 2. The summed E-state index contributed by atoms with van der Waals surface area (Å²) >= 11 is 5.83. The predicted molar refractivity (Wildman–Crippen MR) is 65.2 cm³/mol. The van der Waals surface area contributed by atoms with E-state index in [1.807, 2.05) is 19.1 Å². The molecule has 0 unspecified atom stereocenters. The summed E-state index contributed by atoms with van der Waals surface area (Å²) in [5.74, 6) is 1.48. The zero-order valence-electron chi connectivity index (χ0n) is 9.20. The highest BCUT2D eigenvalue weighted by atomic mass is 35.5. The largest absolute Gasteiger partial charge is 0.455 e. The van der Waals surface area contributed by atoms with E-state index in [9.17, 15) is 0 Å². The van der Waals surface area contributed by atoms with Gasteiger partial charge in [0.2, 0.25) is 0 Å². The van der Waals surface area contributed by atoms with Gasteiger partial charge in [-0.15, -0.1) is 0 Å². The van der Waals surface area contributed by atoms with E-state index in [2.05, 4.69) is 18.0 Å². The van der Waals surface area contributed by atoms with Crippen LogP contribution in [-0.2, 0) is 0 Å². The number of ether oxygens (including phenoxy) is 1. The Kier molecular flexibility index (Phi) is 3.11. The van der Waals surface area contributed by atoms with E-state index in [4.69, 9.17) is 16.3 Å². The first-order chi connectivity index (χ1) is 7.65. The van der Waals surface area contributed by atoms with E-state index in [1.54, 1.807) is 18.5 Å². The normalized spacial score (nSPS) is 10.2. The Morgan fingerprint density at radius 1 is 1.12 bits per heavy atom. The lowest BCUT2D eigenvalue weighted by molar-refractivity contribution is 0.476. The summed E-state index contributed by atoms with van der Waals surface area (Å²) in [5, 5.41) is 0.572. The van der Waals surface area contributed by atoms with Crippen LogP contribution in [-0.4, -0.2) is 4.98 Å². The number of rotatable bonds is 2. The van der Waals surface area contributed by atoms with Crippen molar-refractivity contribution in [1.82, 2.24) is 4.98 Å². The summed E-state index contributed by atoms with van der Waals surface area (Å²) in [6.45, 7) is 4.07. The van der Waals surface area contributed by atoms with Gasteiger partial charge in [0.25, 0.3) is 0 Å². The molecule has 0 aliphatic rings. The average Bonchev–Trinajstić information content (AvgIpc) is 2.22. The molecule has 1 aromatic carbocycles. The lowest BCUT2D eigenvalue weighted by atomic mass is 10.1. The third-order valence-corrected chi connectivity index (χ3v) is 2.44. The Morgan fingerprint density at radius 2 is 1.94 bits per heavy atom. The van der Waals surface area contributed by atoms with Crippen molar-refractivity contribution in [2.75, 3.05) is 0 Å². The predicted octanol–water partition coefficient (Wildman–Crippen LogP) is 4.14. The lowest BCUT2D eigenvalue weighted by Gasteiger charge is -2.08. The molecular formula is C13H12ClNO. The number of aryl methyl sites for hydroxylation is 2. The van der Waals surface area contributed by atoms with Crippen LogP contribution < -0.4 is 4.74 Å². The summed E-state index contributed by atoms with van der Waals surface area (Å²) < 4.78 is 5.70. The summed E-state index contributed by atoms with van der Waals surface area (Å²) in [5.41, 5.74) is 2.31. The maximum Gasteiger partial charge on any atom is 0.147 e. The zero-order valence-corrected chi connectivity index (χ0v) is 9.95. The van der Waals surface area contributed by atoms with E-state index < -0.39 is 0 Å². The maximum atomic E-state index is 5.83. The molecule has 0 atom stereocenters. The van der Waals surface area contributed by atoms with Gasteiger partial charge in [0.05, 0.1) is 11.2 Å². The van der Waals surface area contributed by atoms with Crippen molar-refractivity contribution in [3.8, 4) is 11.5 Å². The van der Waals surface area contributed by atoms with Gasteiger partial charge in [-0.25, -0.2) is 0 Å². The quantitative estimate of drug-likeness (QED) is 0.778. The molecule has 0 aliphatic carbocycles. The van der Waals surface area contributed by atoms with E-state index in [-0.39, 0.29) is 0 Å². The van der Waals surface area contributed by atoms with Crippen LogP contribution in [0.2, 0.25) is 5.02 Å². The van der Waals surface area contributed by atoms with Gasteiger partial charge in [0.1, 0.15) is 11.5 Å². The number of halogens is 1. The molecule has 0 N–H and O–H groups in total. The van der Waals surface area contributed by atoms with Crippen LogP contribution >= 0.6 is 11.6 Å². The Labute approximate surface area is 99.9 Å². The molecule has 2 aromatic rings. The lowest BCUT2D eigenvalue weighted by Crippen LogP contribution is -1.89. The summed E-state index contributed by atoms with van der Waals surface area (Å²) in [4.78, 5) is 3.97. The van der Waals surface area contributed by atoms with Gasteiger partial charge >= 0.3 is 0 Å². The minimum absolute atomic E-state index is 0.572. The van der Waals surface area contributed by atoms with Crippen LogP contribution in [0.3, 0.4) is 0 Å². The molecule has 82 valence electrons. The highest BCUT2D eigenvalue weighted by molar-refractivity contribution is 6.30. The van der Waals surface area contributed by atoms with Crippen LogP contribution in [0.25, 0.3) is 0 Å². The molecule has 0 saturated heterocycles. The van der Waals surface area contributed by atoms with Crippen molar-refractivity contribution < 1.29 is 4.74 Å². The van der Waals surface area contributed by atoms with Crippen molar-refractivity contribution in [1.29, 1.82) is 0 Å². The molecule has 1 aromatic heterocycles. The Morgan fingerprint density at radius 3 is 2.62 bits per heavy atom. The molecule has 2 nitrogen and oxygen atoms in total. The van der Waals surface area contributed by atoms with E-state index in [1.165, 1.54) is 5.56 Å². The van der Waals surface area contributed by atoms with Crippen molar-refractivity contribution in [3.63, 3.8) is 0 Å². The molecule has 0 fully saturated rings. The number of pyridine rings is 1. The topological polar surface area (TPSA) is 22.1 Å². The van der Waals surface area contributed by atoms with Crippen LogP contribution in [0, 0.1) is 13.8 Å². The fourth-order valence-corrected chi connectivity index (χ4v) is 1.65. The number of benzene rings is 1. The van der Waals surface area contributed by atoms with E-state index in [0.717, 1.165) is 11.3 Å². The van der Waals surface area contributed by atoms with Gasteiger partial charge in [-0.3, -0.25) is 4.98 Å². The zero-order chi connectivity index (χ0) is 11.5. The molecule has 1 heterocycles. The third kappa shape index (κ3) is 2.52. The molecule has 0 amide bonds. The Bertz CT molecular complexity index is 511. The SMILES string of the molecule is Cc1ccc(Oc2cncc(Cl)c2)c(C)c1. The van der Waals surface area contributed by atoms with Crippen molar-refractivity contribution in [3.05, 3.63) is 52.8 Å². The maximum absolute atomic E-state index is 5.83. The molecule has 0 saturated carbocycles. The van der Waals surface area contributed by atoms with E-state index >= 15 is 0 Å². The highest BCUT2D eigenvalue weighted by Crippen LogP contribution is 2.26. The fourth-order valence-electron chi connectivity index (χ4n) is 1.49. The summed E-state index contributed by atoms with van der Waals surface area (Å²) in [7, 11) is 0. The molecule has 0 radical (unpaired) electrons. The van der Waals surface area contributed by atoms with Crippen molar-refractivity contribution in [2.45, 2.75) is 13.8 Å². The minimum atomic E-state index is 0.572. The molecule has 16 heavy (non-hydrogen) atoms. The van der Waals surface area contributed by atoms with Gasteiger partial charge in [0, 0.05) is 12.3 Å².